The van der Waals surface area contributed by atoms with Gasteiger partial charge in [-0.2, -0.15) is 0 Å². The fraction of sp³-hybridized carbons (Fsp3) is 0.652. The average Bonchev–Trinajstić information content (AvgIpc) is 2.79. The van der Waals surface area contributed by atoms with Gasteiger partial charge in [-0.25, -0.2) is 0 Å². The molecule has 0 bridgehead atoms. The van der Waals surface area contributed by atoms with Gasteiger partial charge >= 0.3 is 0 Å². The van der Waals surface area contributed by atoms with E-state index in [-0.39, 0.29) is 29.7 Å². The molecule has 2 fully saturated rings. The average molecular weight is 418 g/mol. The molecule has 1 N–H and O–H groups in total. The van der Waals surface area contributed by atoms with Crippen LogP contribution in [0.5, 0.6) is 0 Å². The Morgan fingerprint density at radius 1 is 1.00 bits per heavy atom. The van der Waals surface area contributed by atoms with Gasteiger partial charge in [0, 0.05) is 25.0 Å². The highest BCUT2D eigenvalue weighted by molar-refractivity contribution is 6.27. The molecule has 1 aromatic carbocycles. The number of hydrogen-bond donors (Lipinski definition) is 1. The van der Waals surface area contributed by atoms with E-state index in [2.05, 4.69) is 34.5 Å². The first-order valence-corrected chi connectivity index (χ1v) is 11.6. The second kappa shape index (κ2) is 9.48. The number of likely N-dealkylation sites (tertiary alicyclic amines) is 2. The summed E-state index contributed by atoms with van der Waals surface area (Å²) >= 11 is 5.67. The van der Waals surface area contributed by atoms with Crippen molar-refractivity contribution in [1.29, 1.82) is 0 Å². The minimum atomic E-state index is 0.0461. The number of fused-ring (bicyclic) bond motifs is 1. The number of piperidine rings is 2. The summed E-state index contributed by atoms with van der Waals surface area (Å²) in [5.41, 5.74) is 2.70. The van der Waals surface area contributed by atoms with Gasteiger partial charge in [-0.15, -0.1) is 11.6 Å². The zero-order chi connectivity index (χ0) is 20.2. The summed E-state index contributed by atoms with van der Waals surface area (Å²) in [6.07, 6.45) is 7.20. The van der Waals surface area contributed by atoms with E-state index in [0.29, 0.717) is 6.04 Å². The molecule has 1 atom stereocenters. The van der Waals surface area contributed by atoms with E-state index in [9.17, 15) is 9.59 Å². The molecule has 158 valence electrons. The molecule has 0 aromatic heterocycles. The lowest BCUT2D eigenvalue weighted by atomic mass is 9.86. The molecule has 0 spiro atoms. The van der Waals surface area contributed by atoms with Crippen molar-refractivity contribution in [1.82, 2.24) is 15.1 Å². The van der Waals surface area contributed by atoms with Gasteiger partial charge in [0.1, 0.15) is 5.88 Å². The van der Waals surface area contributed by atoms with Gasteiger partial charge in [0.05, 0.1) is 6.04 Å². The second-order valence-electron chi connectivity index (χ2n) is 8.71. The Kier molecular flexibility index (Phi) is 6.76. The summed E-state index contributed by atoms with van der Waals surface area (Å²) < 4.78 is 0. The van der Waals surface area contributed by atoms with E-state index in [1.54, 1.807) is 0 Å². The Bertz CT molecular complexity index is 725. The number of rotatable bonds is 4. The molecule has 2 aliphatic heterocycles. The molecule has 3 aliphatic rings. The molecule has 1 aliphatic carbocycles. The van der Waals surface area contributed by atoms with Crippen LogP contribution in [0.3, 0.4) is 0 Å². The van der Waals surface area contributed by atoms with E-state index in [4.69, 9.17) is 11.6 Å². The molecule has 1 unspecified atom stereocenters. The monoisotopic (exact) mass is 417 g/mol. The number of amides is 2. The number of carbonyl (C=O) groups is 2. The summed E-state index contributed by atoms with van der Waals surface area (Å²) in [5, 5.41) is 3.35. The van der Waals surface area contributed by atoms with E-state index in [1.165, 1.54) is 11.1 Å². The SMILES string of the molecule is O=C(NC1CCCc2ccccc21)C1CCN(C2CCN(C(=O)CCl)CC2)CC1. The first kappa shape index (κ1) is 20.7. The summed E-state index contributed by atoms with van der Waals surface area (Å²) in [6.45, 7) is 3.57. The van der Waals surface area contributed by atoms with Crippen LogP contribution in [-0.2, 0) is 16.0 Å². The van der Waals surface area contributed by atoms with Crippen molar-refractivity contribution in [3.05, 3.63) is 35.4 Å². The van der Waals surface area contributed by atoms with Crippen molar-refractivity contribution < 1.29 is 9.59 Å². The number of carbonyl (C=O) groups excluding carboxylic acids is 2. The topological polar surface area (TPSA) is 52.7 Å². The van der Waals surface area contributed by atoms with Crippen molar-refractivity contribution in [2.24, 2.45) is 5.92 Å². The quantitative estimate of drug-likeness (QED) is 0.766. The minimum Gasteiger partial charge on any atom is -0.349 e. The van der Waals surface area contributed by atoms with Gasteiger partial charge in [-0.05, 0) is 69.2 Å². The fourth-order valence-corrected chi connectivity index (χ4v) is 5.45. The van der Waals surface area contributed by atoms with Crippen LogP contribution < -0.4 is 5.32 Å². The highest BCUT2D eigenvalue weighted by Gasteiger charge is 2.32. The number of nitrogens with zero attached hydrogens (tertiary/aromatic N) is 2. The Labute approximate surface area is 178 Å². The van der Waals surface area contributed by atoms with Crippen LogP contribution in [-0.4, -0.2) is 59.7 Å². The summed E-state index contributed by atoms with van der Waals surface area (Å²) in [4.78, 5) is 29.1. The number of alkyl halides is 1. The minimum absolute atomic E-state index is 0.0461. The predicted octanol–water partition coefficient (Wildman–Crippen LogP) is 3.12. The van der Waals surface area contributed by atoms with Gasteiger partial charge in [0.25, 0.3) is 0 Å². The number of aryl methyl sites for hydroxylation is 1. The van der Waals surface area contributed by atoms with Crippen molar-refractivity contribution in [3.63, 3.8) is 0 Å². The zero-order valence-electron chi connectivity index (χ0n) is 17.1. The van der Waals surface area contributed by atoms with E-state index >= 15 is 0 Å². The molecule has 4 rings (SSSR count). The third-order valence-corrected chi connectivity index (χ3v) is 7.26. The standard InChI is InChI=1S/C23H32ClN3O2/c24-16-22(28)27-14-10-19(11-15-27)26-12-8-18(9-13-26)23(29)25-21-7-3-5-17-4-1-2-6-20(17)21/h1-2,4,6,18-19,21H,3,5,7-16H2,(H,25,29). The summed E-state index contributed by atoms with van der Waals surface area (Å²) in [7, 11) is 0. The Morgan fingerprint density at radius 3 is 2.45 bits per heavy atom. The fourth-order valence-electron chi connectivity index (χ4n) is 5.29. The van der Waals surface area contributed by atoms with Gasteiger partial charge in [0.15, 0.2) is 0 Å². The lowest BCUT2D eigenvalue weighted by Gasteiger charge is -2.41. The van der Waals surface area contributed by atoms with Crippen molar-refractivity contribution in [2.75, 3.05) is 32.1 Å². The Morgan fingerprint density at radius 2 is 1.72 bits per heavy atom. The first-order chi connectivity index (χ1) is 14.2. The maximum absolute atomic E-state index is 12.9. The van der Waals surface area contributed by atoms with Crippen LogP contribution in [0.25, 0.3) is 0 Å². The summed E-state index contributed by atoms with van der Waals surface area (Å²) in [6, 6.07) is 9.24. The maximum atomic E-state index is 12.9. The molecule has 1 aromatic rings. The van der Waals surface area contributed by atoms with Gasteiger partial charge < -0.3 is 15.1 Å². The van der Waals surface area contributed by atoms with Crippen LogP contribution in [0.2, 0.25) is 0 Å². The number of hydrogen-bond acceptors (Lipinski definition) is 3. The lowest BCUT2D eigenvalue weighted by Crippen LogP contribution is -2.50. The first-order valence-electron chi connectivity index (χ1n) is 11.1. The molecule has 0 radical (unpaired) electrons. The van der Waals surface area contributed by atoms with Crippen molar-refractivity contribution in [2.45, 2.75) is 57.0 Å². The molecular formula is C23H32ClN3O2. The predicted molar refractivity (Wildman–Crippen MR) is 115 cm³/mol. The largest absolute Gasteiger partial charge is 0.349 e. The second-order valence-corrected chi connectivity index (χ2v) is 8.98. The third-order valence-electron chi connectivity index (χ3n) is 7.03. The molecule has 5 nitrogen and oxygen atoms in total. The third kappa shape index (κ3) is 4.77. The van der Waals surface area contributed by atoms with E-state index < -0.39 is 0 Å². The van der Waals surface area contributed by atoms with Gasteiger partial charge in [-0.3, -0.25) is 9.59 Å². The Hall–Kier alpha value is -1.59. The number of nitrogens with one attached hydrogen (secondary N) is 1. The van der Waals surface area contributed by atoms with Crippen LogP contribution in [0, 0.1) is 5.92 Å². The summed E-state index contributed by atoms with van der Waals surface area (Å²) in [5.74, 6) is 0.480. The maximum Gasteiger partial charge on any atom is 0.237 e. The molecule has 2 amide bonds. The zero-order valence-corrected chi connectivity index (χ0v) is 17.9. The number of benzene rings is 1. The van der Waals surface area contributed by atoms with Crippen LogP contribution in [0.4, 0.5) is 0 Å². The number of halogens is 1. The van der Waals surface area contributed by atoms with Crippen molar-refractivity contribution in [3.8, 4) is 0 Å². The highest BCUT2D eigenvalue weighted by Crippen LogP contribution is 2.31. The molecule has 2 saturated heterocycles. The van der Waals surface area contributed by atoms with Gasteiger partial charge in [0.2, 0.25) is 11.8 Å². The molecule has 0 saturated carbocycles. The van der Waals surface area contributed by atoms with Crippen LogP contribution >= 0.6 is 11.6 Å². The van der Waals surface area contributed by atoms with Gasteiger partial charge in [-0.1, -0.05) is 24.3 Å². The lowest BCUT2D eigenvalue weighted by molar-refractivity contribution is -0.131. The normalized spacial score (nSPS) is 24.2. The molecule has 29 heavy (non-hydrogen) atoms. The molecule has 2 heterocycles. The Balaban J connectivity index is 1.25. The van der Waals surface area contributed by atoms with Crippen LogP contribution in [0.1, 0.15) is 55.7 Å². The highest BCUT2D eigenvalue weighted by atomic mass is 35.5. The molecular weight excluding hydrogens is 386 g/mol. The van der Waals surface area contributed by atoms with E-state index in [1.807, 2.05) is 4.90 Å². The van der Waals surface area contributed by atoms with Crippen LogP contribution in [0.15, 0.2) is 24.3 Å². The molecule has 6 heteroatoms. The van der Waals surface area contributed by atoms with E-state index in [0.717, 1.165) is 71.1 Å². The smallest absolute Gasteiger partial charge is 0.237 e. The van der Waals surface area contributed by atoms with Crippen molar-refractivity contribution >= 4 is 23.4 Å².